The van der Waals surface area contributed by atoms with Gasteiger partial charge >= 0.3 is 0 Å². The van der Waals surface area contributed by atoms with Crippen LogP contribution in [0, 0.1) is 0 Å². The van der Waals surface area contributed by atoms with Crippen LogP contribution in [0.2, 0.25) is 0 Å². The van der Waals surface area contributed by atoms with Crippen LogP contribution >= 0.6 is 24.0 Å². The van der Waals surface area contributed by atoms with Gasteiger partial charge in [-0.2, -0.15) is 0 Å². The van der Waals surface area contributed by atoms with Gasteiger partial charge in [0.15, 0.2) is 17.5 Å². The summed E-state index contributed by atoms with van der Waals surface area (Å²) in [6, 6.07) is 6.53. The average Bonchev–Trinajstić information content (AvgIpc) is 3.28. The molecule has 1 atom stereocenters. The lowest BCUT2D eigenvalue weighted by Crippen LogP contribution is -2.45. The van der Waals surface area contributed by atoms with Crippen LogP contribution in [0.3, 0.4) is 0 Å². The molecule has 0 spiro atoms. The number of benzene rings is 1. The molecule has 0 amide bonds. The van der Waals surface area contributed by atoms with Gasteiger partial charge in [-0.3, -0.25) is 9.89 Å². The highest BCUT2D eigenvalue weighted by Gasteiger charge is 2.24. The molecule has 3 rings (SSSR count). The highest BCUT2D eigenvalue weighted by molar-refractivity contribution is 14.0. The van der Waals surface area contributed by atoms with E-state index in [4.69, 9.17) is 14.2 Å². The van der Waals surface area contributed by atoms with Crippen LogP contribution in [0.4, 0.5) is 0 Å². The number of rotatable bonds is 7. The van der Waals surface area contributed by atoms with E-state index in [0.29, 0.717) is 19.4 Å². The normalized spacial score (nSPS) is 19.3. The van der Waals surface area contributed by atoms with Crippen molar-refractivity contribution >= 4 is 29.9 Å². The Morgan fingerprint density at radius 1 is 1.31 bits per heavy atom. The van der Waals surface area contributed by atoms with Crippen molar-refractivity contribution in [3.8, 4) is 11.5 Å². The highest BCUT2D eigenvalue weighted by Crippen LogP contribution is 2.32. The van der Waals surface area contributed by atoms with E-state index in [1.807, 2.05) is 18.2 Å². The third kappa shape index (κ3) is 5.62. The lowest BCUT2D eigenvalue weighted by molar-refractivity contribution is 0.141. The molecule has 1 aromatic carbocycles. The van der Waals surface area contributed by atoms with Crippen molar-refractivity contribution < 1.29 is 14.2 Å². The molecule has 2 aliphatic heterocycles. The summed E-state index contributed by atoms with van der Waals surface area (Å²) >= 11 is 0. The summed E-state index contributed by atoms with van der Waals surface area (Å²) in [6.07, 6.45) is 2.47. The summed E-state index contributed by atoms with van der Waals surface area (Å²) in [5.41, 5.74) is 1.13. The smallest absolute Gasteiger partial charge is 0.231 e. The average molecular weight is 476 g/mol. The van der Waals surface area contributed by atoms with Gasteiger partial charge in [-0.05, 0) is 37.1 Å². The van der Waals surface area contributed by atoms with Crippen LogP contribution < -0.4 is 20.1 Å². The molecule has 1 saturated heterocycles. The molecule has 0 radical (unpaired) electrons. The van der Waals surface area contributed by atoms with Crippen LogP contribution in [-0.4, -0.2) is 64.1 Å². The van der Waals surface area contributed by atoms with E-state index in [-0.39, 0.29) is 24.0 Å². The maximum absolute atomic E-state index is 5.42. The number of guanidine groups is 1. The molecule has 8 heteroatoms. The Kier molecular flexibility index (Phi) is 8.73. The molecule has 0 saturated carbocycles. The van der Waals surface area contributed by atoms with Crippen molar-refractivity contribution in [2.45, 2.75) is 25.4 Å². The van der Waals surface area contributed by atoms with Crippen LogP contribution in [0.15, 0.2) is 23.2 Å². The van der Waals surface area contributed by atoms with E-state index in [1.54, 1.807) is 14.2 Å². The van der Waals surface area contributed by atoms with Crippen molar-refractivity contribution in [3.05, 3.63) is 23.8 Å². The maximum Gasteiger partial charge on any atom is 0.231 e. The first-order valence-electron chi connectivity index (χ1n) is 8.86. The van der Waals surface area contributed by atoms with Crippen molar-refractivity contribution in [2.24, 2.45) is 4.99 Å². The largest absolute Gasteiger partial charge is 0.454 e. The summed E-state index contributed by atoms with van der Waals surface area (Å²) in [6.45, 7) is 4.81. The van der Waals surface area contributed by atoms with Crippen molar-refractivity contribution in [1.29, 1.82) is 0 Å². The number of aliphatic imine (C=N–C) groups is 1. The summed E-state index contributed by atoms with van der Waals surface area (Å²) < 4.78 is 16.0. The van der Waals surface area contributed by atoms with Crippen LogP contribution in [-0.2, 0) is 11.3 Å². The Hall–Kier alpha value is -1.26. The van der Waals surface area contributed by atoms with Gasteiger partial charge in [0.05, 0.1) is 6.61 Å². The second-order valence-electron chi connectivity index (χ2n) is 6.32. The SMILES string of the molecule is CN=C(NCc1ccc2c(c1)OCO2)NCC1CCCN1CCOC.I. The quantitative estimate of drug-likeness (QED) is 0.356. The van der Waals surface area contributed by atoms with Gasteiger partial charge < -0.3 is 24.8 Å². The Balaban J connectivity index is 0.00000243. The molecule has 0 bridgehead atoms. The predicted octanol–water partition coefficient (Wildman–Crippen LogP) is 1.81. The number of fused-ring (bicyclic) bond motifs is 1. The lowest BCUT2D eigenvalue weighted by Gasteiger charge is -2.25. The minimum Gasteiger partial charge on any atom is -0.454 e. The van der Waals surface area contributed by atoms with Crippen molar-refractivity contribution in [1.82, 2.24) is 15.5 Å². The summed E-state index contributed by atoms with van der Waals surface area (Å²) in [4.78, 5) is 6.81. The van der Waals surface area contributed by atoms with Crippen LogP contribution in [0.1, 0.15) is 18.4 Å². The first-order valence-corrected chi connectivity index (χ1v) is 8.86. The molecule has 7 nitrogen and oxygen atoms in total. The molecule has 1 fully saturated rings. The number of ether oxygens (including phenoxy) is 3. The fourth-order valence-corrected chi connectivity index (χ4v) is 3.30. The van der Waals surface area contributed by atoms with E-state index in [0.717, 1.165) is 49.3 Å². The van der Waals surface area contributed by atoms with Crippen LogP contribution in [0.25, 0.3) is 0 Å². The molecule has 0 aromatic heterocycles. The molecule has 0 aliphatic carbocycles. The summed E-state index contributed by atoms with van der Waals surface area (Å²) in [7, 11) is 3.55. The van der Waals surface area contributed by atoms with Crippen LogP contribution in [0.5, 0.6) is 11.5 Å². The minimum atomic E-state index is 0. The van der Waals surface area contributed by atoms with Gasteiger partial charge in [-0.15, -0.1) is 24.0 Å². The number of hydrogen-bond donors (Lipinski definition) is 2. The molecule has 1 aromatic rings. The van der Waals surface area contributed by atoms with Gasteiger partial charge in [0.2, 0.25) is 6.79 Å². The zero-order chi connectivity index (χ0) is 17.5. The van der Waals surface area contributed by atoms with Gasteiger partial charge in [0.1, 0.15) is 0 Å². The number of likely N-dealkylation sites (tertiary alicyclic amines) is 1. The number of hydrogen-bond acceptors (Lipinski definition) is 5. The topological polar surface area (TPSA) is 67.4 Å². The predicted molar refractivity (Wildman–Crippen MR) is 113 cm³/mol. The molecule has 2 aliphatic rings. The molecule has 146 valence electrons. The third-order valence-electron chi connectivity index (χ3n) is 4.71. The fraction of sp³-hybridized carbons (Fsp3) is 0.611. The van der Waals surface area contributed by atoms with E-state index in [1.165, 1.54) is 12.8 Å². The van der Waals surface area contributed by atoms with Crippen molar-refractivity contribution in [2.75, 3.05) is 47.2 Å². The molecular formula is C18H29IN4O3. The van der Waals surface area contributed by atoms with Crippen molar-refractivity contribution in [3.63, 3.8) is 0 Å². The number of nitrogens with zero attached hydrogens (tertiary/aromatic N) is 2. The van der Waals surface area contributed by atoms with Gasteiger partial charge in [0, 0.05) is 39.8 Å². The van der Waals surface area contributed by atoms with E-state index >= 15 is 0 Å². The van der Waals surface area contributed by atoms with Gasteiger partial charge in [0.25, 0.3) is 0 Å². The zero-order valence-corrected chi connectivity index (χ0v) is 17.8. The molecule has 2 N–H and O–H groups in total. The molecule has 2 heterocycles. The Bertz CT molecular complexity index is 600. The van der Waals surface area contributed by atoms with E-state index in [9.17, 15) is 0 Å². The Morgan fingerprint density at radius 2 is 2.15 bits per heavy atom. The maximum atomic E-state index is 5.42. The Labute approximate surface area is 172 Å². The second kappa shape index (κ2) is 10.8. The first kappa shape index (κ1) is 21.0. The number of halogens is 1. The zero-order valence-electron chi connectivity index (χ0n) is 15.5. The second-order valence-corrected chi connectivity index (χ2v) is 6.32. The van der Waals surface area contributed by atoms with E-state index in [2.05, 4.69) is 20.5 Å². The molecule has 1 unspecified atom stereocenters. The standard InChI is InChI=1S/C18H28N4O3.HI/c1-19-18(21-12-15-4-3-7-22(15)8-9-23-2)20-11-14-5-6-16-17(10-14)25-13-24-16;/h5-6,10,15H,3-4,7-9,11-13H2,1-2H3,(H2,19,20,21);1H. The fourth-order valence-electron chi connectivity index (χ4n) is 3.30. The number of nitrogens with one attached hydrogen (secondary N) is 2. The van der Waals surface area contributed by atoms with Gasteiger partial charge in [-0.25, -0.2) is 0 Å². The third-order valence-corrected chi connectivity index (χ3v) is 4.71. The van der Waals surface area contributed by atoms with Gasteiger partial charge in [-0.1, -0.05) is 6.07 Å². The Morgan fingerprint density at radius 3 is 2.96 bits per heavy atom. The monoisotopic (exact) mass is 476 g/mol. The number of methoxy groups -OCH3 is 1. The highest BCUT2D eigenvalue weighted by atomic mass is 127. The summed E-state index contributed by atoms with van der Waals surface area (Å²) in [5.74, 6) is 2.43. The summed E-state index contributed by atoms with van der Waals surface area (Å²) in [5, 5.41) is 6.80. The lowest BCUT2D eigenvalue weighted by atomic mass is 10.2. The minimum absolute atomic E-state index is 0. The molecular weight excluding hydrogens is 447 g/mol. The van der Waals surface area contributed by atoms with E-state index < -0.39 is 0 Å². The molecule has 26 heavy (non-hydrogen) atoms. The first-order chi connectivity index (χ1) is 12.3.